The van der Waals surface area contributed by atoms with E-state index in [1.165, 1.54) is 17.3 Å². The summed E-state index contributed by atoms with van der Waals surface area (Å²) in [6, 6.07) is 25.9. The molecule has 0 saturated carbocycles. The summed E-state index contributed by atoms with van der Waals surface area (Å²) in [5, 5.41) is 3.79. The number of nitrogens with one attached hydrogen (secondary N) is 1. The summed E-state index contributed by atoms with van der Waals surface area (Å²) in [6.07, 6.45) is 1.35. The molecule has 1 aliphatic heterocycles. The van der Waals surface area contributed by atoms with Gasteiger partial charge in [0, 0.05) is 30.4 Å². The number of rotatable bonds is 6. The standard InChI is InChI=1S/C28H28N4O2S/c1-20-8-7-11-23(18-20)32-25-13-6-5-12-24(25)30-28(32)35-19-26(33)31-16-14-21(15-17-31)27(34)29-22-9-3-2-4-10-22/h2-13,18,21H,14-17,19H2,1H3,(H,29,34). The molecule has 0 spiro atoms. The molecule has 0 aliphatic carbocycles. The van der Waals surface area contributed by atoms with E-state index in [2.05, 4.69) is 41.1 Å². The Morgan fingerprint density at radius 1 is 0.971 bits per heavy atom. The van der Waals surface area contributed by atoms with Gasteiger partial charge in [-0.15, -0.1) is 0 Å². The molecule has 3 aromatic carbocycles. The number of carbonyl (C=O) groups is 2. The normalized spacial score (nSPS) is 14.3. The predicted octanol–water partition coefficient (Wildman–Crippen LogP) is 5.30. The Bertz CT molecular complexity index is 1340. The van der Waals surface area contributed by atoms with Crippen molar-refractivity contribution in [1.82, 2.24) is 14.5 Å². The average molecular weight is 485 g/mol. The van der Waals surface area contributed by atoms with E-state index in [9.17, 15) is 9.59 Å². The van der Waals surface area contributed by atoms with Crippen molar-refractivity contribution in [3.63, 3.8) is 0 Å². The van der Waals surface area contributed by atoms with Crippen LogP contribution in [0.25, 0.3) is 16.7 Å². The molecule has 0 unspecified atom stereocenters. The average Bonchev–Trinajstić information content (AvgIpc) is 3.26. The van der Waals surface area contributed by atoms with Crippen LogP contribution in [0.2, 0.25) is 0 Å². The third kappa shape index (κ3) is 5.25. The molecule has 6 nitrogen and oxygen atoms in total. The summed E-state index contributed by atoms with van der Waals surface area (Å²) in [4.78, 5) is 32.3. The van der Waals surface area contributed by atoms with E-state index >= 15 is 0 Å². The fraction of sp³-hybridized carbons (Fsp3) is 0.250. The lowest BCUT2D eigenvalue weighted by atomic mass is 9.96. The molecule has 0 atom stereocenters. The molecule has 5 rings (SSSR count). The summed E-state index contributed by atoms with van der Waals surface area (Å²) in [5.74, 6) is 0.359. The van der Waals surface area contributed by atoms with Gasteiger partial charge >= 0.3 is 0 Å². The number of thioether (sulfide) groups is 1. The van der Waals surface area contributed by atoms with Gasteiger partial charge in [-0.05, 0) is 61.7 Å². The van der Waals surface area contributed by atoms with Crippen LogP contribution in [-0.2, 0) is 9.59 Å². The Kier molecular flexibility index (Phi) is 6.86. The van der Waals surface area contributed by atoms with Gasteiger partial charge in [-0.3, -0.25) is 14.2 Å². The van der Waals surface area contributed by atoms with Crippen molar-refractivity contribution in [2.45, 2.75) is 24.9 Å². The minimum atomic E-state index is -0.0718. The summed E-state index contributed by atoms with van der Waals surface area (Å²) < 4.78 is 2.13. The molecule has 2 amide bonds. The number of piperidine rings is 1. The Hall–Kier alpha value is -3.58. The first-order chi connectivity index (χ1) is 17.1. The number of amides is 2. The van der Waals surface area contributed by atoms with Crippen molar-refractivity contribution in [2.75, 3.05) is 24.2 Å². The summed E-state index contributed by atoms with van der Waals surface area (Å²) in [5.41, 5.74) is 4.96. The van der Waals surface area contributed by atoms with E-state index in [0.717, 1.165) is 27.6 Å². The molecular formula is C28H28N4O2S. The van der Waals surface area contributed by atoms with Gasteiger partial charge in [-0.1, -0.05) is 54.2 Å². The molecule has 4 aromatic rings. The lowest BCUT2D eigenvalue weighted by Gasteiger charge is -2.31. The number of hydrogen-bond acceptors (Lipinski definition) is 4. The van der Waals surface area contributed by atoms with Gasteiger partial charge in [0.05, 0.1) is 16.8 Å². The number of nitrogens with zero attached hydrogens (tertiary/aromatic N) is 3. The van der Waals surface area contributed by atoms with Gasteiger partial charge in [0.25, 0.3) is 0 Å². The van der Waals surface area contributed by atoms with Gasteiger partial charge in [0.2, 0.25) is 11.8 Å². The molecule has 2 heterocycles. The fourth-order valence-electron chi connectivity index (χ4n) is 4.49. The van der Waals surface area contributed by atoms with Gasteiger partial charge in [0.1, 0.15) is 0 Å². The van der Waals surface area contributed by atoms with Crippen LogP contribution in [-0.4, -0.2) is 45.1 Å². The van der Waals surface area contributed by atoms with Gasteiger partial charge in [-0.2, -0.15) is 0 Å². The van der Waals surface area contributed by atoms with E-state index in [4.69, 9.17) is 4.98 Å². The molecule has 1 aromatic heterocycles. The number of fused-ring (bicyclic) bond motifs is 1. The topological polar surface area (TPSA) is 67.2 Å². The second-order valence-corrected chi connectivity index (χ2v) is 9.80. The quantitative estimate of drug-likeness (QED) is 0.377. The monoisotopic (exact) mass is 484 g/mol. The molecule has 1 fully saturated rings. The van der Waals surface area contributed by atoms with E-state index in [-0.39, 0.29) is 17.7 Å². The lowest BCUT2D eigenvalue weighted by molar-refractivity contribution is -0.132. The Morgan fingerprint density at radius 2 is 1.71 bits per heavy atom. The van der Waals surface area contributed by atoms with Gasteiger partial charge in [0.15, 0.2) is 5.16 Å². The van der Waals surface area contributed by atoms with Crippen molar-refractivity contribution in [3.8, 4) is 5.69 Å². The van der Waals surface area contributed by atoms with Crippen molar-refractivity contribution < 1.29 is 9.59 Å². The van der Waals surface area contributed by atoms with Gasteiger partial charge in [-0.25, -0.2) is 4.98 Å². The largest absolute Gasteiger partial charge is 0.342 e. The number of aromatic nitrogens is 2. The second kappa shape index (κ2) is 10.4. The molecule has 35 heavy (non-hydrogen) atoms. The van der Waals surface area contributed by atoms with Crippen molar-refractivity contribution in [2.24, 2.45) is 5.92 Å². The number of likely N-dealkylation sites (tertiary alicyclic amines) is 1. The Balaban J connectivity index is 1.22. The first-order valence-electron chi connectivity index (χ1n) is 11.9. The van der Waals surface area contributed by atoms with Crippen LogP contribution in [0, 0.1) is 12.8 Å². The van der Waals surface area contributed by atoms with E-state index < -0.39 is 0 Å². The van der Waals surface area contributed by atoms with Crippen LogP contribution in [0.5, 0.6) is 0 Å². The number of anilines is 1. The first kappa shape index (κ1) is 23.2. The highest BCUT2D eigenvalue weighted by atomic mass is 32.2. The highest BCUT2D eigenvalue weighted by molar-refractivity contribution is 7.99. The molecule has 1 saturated heterocycles. The molecule has 0 bridgehead atoms. The molecule has 0 radical (unpaired) electrons. The summed E-state index contributed by atoms with van der Waals surface area (Å²) in [6.45, 7) is 3.27. The van der Waals surface area contributed by atoms with Gasteiger partial charge < -0.3 is 10.2 Å². The fourth-order valence-corrected chi connectivity index (χ4v) is 5.42. The molecule has 7 heteroatoms. The minimum Gasteiger partial charge on any atom is -0.342 e. The maximum atomic E-state index is 13.0. The number of carbonyl (C=O) groups excluding carboxylic acids is 2. The SMILES string of the molecule is Cc1cccc(-n2c(SCC(=O)N3CCC(C(=O)Nc4ccccc4)CC3)nc3ccccc32)c1. The Morgan fingerprint density at radius 3 is 2.49 bits per heavy atom. The Labute approximate surface area is 209 Å². The molecule has 1 aliphatic rings. The second-order valence-electron chi connectivity index (χ2n) is 8.86. The first-order valence-corrected chi connectivity index (χ1v) is 12.9. The maximum absolute atomic E-state index is 13.0. The zero-order valence-electron chi connectivity index (χ0n) is 19.7. The zero-order valence-corrected chi connectivity index (χ0v) is 20.5. The highest BCUT2D eigenvalue weighted by Crippen LogP contribution is 2.29. The molecule has 178 valence electrons. The van der Waals surface area contributed by atoms with Crippen LogP contribution in [0.3, 0.4) is 0 Å². The maximum Gasteiger partial charge on any atom is 0.233 e. The van der Waals surface area contributed by atoms with Crippen LogP contribution in [0.4, 0.5) is 5.69 Å². The highest BCUT2D eigenvalue weighted by Gasteiger charge is 2.27. The summed E-state index contributed by atoms with van der Waals surface area (Å²) >= 11 is 1.47. The number of hydrogen-bond donors (Lipinski definition) is 1. The number of benzene rings is 3. The van der Waals surface area contributed by atoms with E-state index in [0.29, 0.717) is 31.7 Å². The van der Waals surface area contributed by atoms with Crippen molar-refractivity contribution in [3.05, 3.63) is 84.4 Å². The molecule has 1 N–H and O–H groups in total. The number of imidazole rings is 1. The van der Waals surface area contributed by atoms with Crippen LogP contribution in [0.1, 0.15) is 18.4 Å². The minimum absolute atomic E-state index is 0.0320. The summed E-state index contributed by atoms with van der Waals surface area (Å²) in [7, 11) is 0. The van der Waals surface area contributed by atoms with Crippen molar-refractivity contribution in [1.29, 1.82) is 0 Å². The predicted molar refractivity (Wildman–Crippen MR) is 141 cm³/mol. The van der Waals surface area contributed by atoms with E-state index in [1.807, 2.05) is 59.5 Å². The number of para-hydroxylation sites is 3. The number of aryl methyl sites for hydroxylation is 1. The van der Waals surface area contributed by atoms with Crippen LogP contribution >= 0.6 is 11.8 Å². The third-order valence-electron chi connectivity index (χ3n) is 6.37. The lowest BCUT2D eigenvalue weighted by Crippen LogP contribution is -2.42. The van der Waals surface area contributed by atoms with E-state index in [1.54, 1.807) is 0 Å². The van der Waals surface area contributed by atoms with Crippen molar-refractivity contribution >= 4 is 40.3 Å². The third-order valence-corrected chi connectivity index (χ3v) is 7.30. The zero-order chi connectivity index (χ0) is 24.2. The van der Waals surface area contributed by atoms with Crippen LogP contribution in [0.15, 0.2) is 84.0 Å². The smallest absolute Gasteiger partial charge is 0.233 e. The molecular weight excluding hydrogens is 456 g/mol. The van der Waals surface area contributed by atoms with Crippen LogP contribution < -0.4 is 5.32 Å².